The second kappa shape index (κ2) is 7.41. The molecule has 0 radical (unpaired) electrons. The van der Waals surface area contributed by atoms with E-state index in [0.29, 0.717) is 12.0 Å². The van der Waals surface area contributed by atoms with E-state index in [2.05, 4.69) is 53.3 Å². The van der Waals surface area contributed by atoms with Crippen molar-refractivity contribution in [1.29, 1.82) is 0 Å². The number of halogens is 1. The minimum atomic E-state index is 0.499. The Labute approximate surface area is 125 Å². The molecule has 19 heavy (non-hydrogen) atoms. The van der Waals surface area contributed by atoms with E-state index in [1.807, 2.05) is 0 Å². The van der Waals surface area contributed by atoms with E-state index in [-0.39, 0.29) is 0 Å². The third-order valence-electron chi connectivity index (χ3n) is 3.53. The van der Waals surface area contributed by atoms with Crippen LogP contribution in [0.1, 0.15) is 44.2 Å². The lowest BCUT2D eigenvalue weighted by atomic mass is 9.96. The van der Waals surface area contributed by atoms with E-state index in [9.17, 15) is 0 Å². The molecule has 0 atom stereocenters. The average Bonchev–Trinajstić information content (AvgIpc) is 2.29. The van der Waals surface area contributed by atoms with Crippen LogP contribution in [-0.4, -0.2) is 12.6 Å². The van der Waals surface area contributed by atoms with Crippen molar-refractivity contribution >= 4 is 15.9 Å². The van der Waals surface area contributed by atoms with Gasteiger partial charge in [-0.3, -0.25) is 0 Å². The van der Waals surface area contributed by atoms with Gasteiger partial charge in [-0.05, 0) is 48.9 Å². The van der Waals surface area contributed by atoms with E-state index >= 15 is 0 Å². The van der Waals surface area contributed by atoms with Gasteiger partial charge in [-0.2, -0.15) is 0 Å². The van der Waals surface area contributed by atoms with Crippen LogP contribution in [-0.2, 0) is 17.9 Å². The van der Waals surface area contributed by atoms with Gasteiger partial charge in [0, 0.05) is 11.0 Å². The number of hydrogen-bond acceptors (Lipinski definition) is 2. The Kier molecular flexibility index (Phi) is 5.86. The number of nitrogens with one attached hydrogen (secondary N) is 1. The number of hydrogen-bond donors (Lipinski definition) is 1. The Morgan fingerprint density at radius 1 is 1.37 bits per heavy atom. The average molecular weight is 326 g/mol. The Morgan fingerprint density at radius 3 is 2.74 bits per heavy atom. The highest BCUT2D eigenvalue weighted by Crippen LogP contribution is 2.25. The van der Waals surface area contributed by atoms with Crippen molar-refractivity contribution in [1.82, 2.24) is 5.32 Å². The molecule has 1 aromatic carbocycles. The van der Waals surface area contributed by atoms with Gasteiger partial charge in [0.2, 0.25) is 0 Å². The maximum absolute atomic E-state index is 5.85. The summed E-state index contributed by atoms with van der Waals surface area (Å²) in [5, 5.41) is 3.46. The first-order valence-electron chi connectivity index (χ1n) is 7.25. The van der Waals surface area contributed by atoms with Gasteiger partial charge in [-0.1, -0.05) is 41.9 Å². The highest BCUT2D eigenvalue weighted by atomic mass is 79.9. The fourth-order valence-corrected chi connectivity index (χ4v) is 2.61. The fourth-order valence-electron chi connectivity index (χ4n) is 2.07. The van der Waals surface area contributed by atoms with Gasteiger partial charge in [-0.25, -0.2) is 0 Å². The zero-order valence-electron chi connectivity index (χ0n) is 11.9. The van der Waals surface area contributed by atoms with Crippen molar-refractivity contribution in [2.24, 2.45) is 5.92 Å². The van der Waals surface area contributed by atoms with Crippen LogP contribution in [0.15, 0.2) is 22.7 Å². The topological polar surface area (TPSA) is 21.3 Å². The minimum absolute atomic E-state index is 0.499. The highest BCUT2D eigenvalue weighted by Gasteiger charge is 2.18. The molecular weight excluding hydrogens is 302 g/mol. The van der Waals surface area contributed by atoms with E-state index < -0.39 is 0 Å². The fraction of sp³-hybridized carbons (Fsp3) is 0.625. The summed E-state index contributed by atoms with van der Waals surface area (Å²) in [6.07, 6.45) is 4.29. The molecule has 0 aliphatic heterocycles. The molecule has 0 spiro atoms. The van der Waals surface area contributed by atoms with Crippen LogP contribution in [0.5, 0.6) is 0 Å². The minimum Gasteiger partial charge on any atom is -0.374 e. The molecule has 2 rings (SSSR count). The molecule has 3 heteroatoms. The molecule has 1 N–H and O–H groups in total. The Morgan fingerprint density at radius 2 is 2.16 bits per heavy atom. The molecule has 1 aliphatic carbocycles. The summed E-state index contributed by atoms with van der Waals surface area (Å²) in [6, 6.07) is 6.57. The predicted octanol–water partition coefficient (Wildman–Crippen LogP) is 4.26. The van der Waals surface area contributed by atoms with Crippen LogP contribution >= 0.6 is 15.9 Å². The molecular formula is C16H24BrNO. The lowest BCUT2D eigenvalue weighted by Crippen LogP contribution is -2.21. The molecule has 0 heterocycles. The van der Waals surface area contributed by atoms with Gasteiger partial charge < -0.3 is 10.1 Å². The van der Waals surface area contributed by atoms with Crippen LogP contribution < -0.4 is 5.32 Å². The first kappa shape index (κ1) is 15.0. The van der Waals surface area contributed by atoms with Crippen molar-refractivity contribution in [3.05, 3.63) is 33.8 Å². The Hall–Kier alpha value is -0.380. The summed E-state index contributed by atoms with van der Waals surface area (Å²) in [5.41, 5.74) is 2.57. The van der Waals surface area contributed by atoms with E-state index in [4.69, 9.17) is 4.74 Å². The first-order chi connectivity index (χ1) is 9.15. The summed E-state index contributed by atoms with van der Waals surface area (Å²) >= 11 is 3.65. The van der Waals surface area contributed by atoms with Gasteiger partial charge in [0.15, 0.2) is 0 Å². The first-order valence-corrected chi connectivity index (χ1v) is 8.04. The normalized spacial score (nSPS) is 15.8. The van der Waals surface area contributed by atoms with Crippen LogP contribution in [0.4, 0.5) is 0 Å². The summed E-state index contributed by atoms with van der Waals surface area (Å²) in [6.45, 7) is 7.17. The van der Waals surface area contributed by atoms with Crippen molar-refractivity contribution in [2.75, 3.05) is 6.54 Å². The number of ether oxygens (including phenoxy) is 1. The second-order valence-corrected chi connectivity index (χ2v) is 6.67. The molecule has 1 aromatic rings. The summed E-state index contributed by atoms with van der Waals surface area (Å²) in [5.74, 6) is 0.693. The lowest BCUT2D eigenvalue weighted by molar-refractivity contribution is -0.00889. The van der Waals surface area contributed by atoms with E-state index in [1.165, 1.54) is 30.4 Å². The molecule has 1 aliphatic rings. The highest BCUT2D eigenvalue weighted by molar-refractivity contribution is 9.10. The third-order valence-corrected chi connectivity index (χ3v) is 4.26. The van der Waals surface area contributed by atoms with Crippen LogP contribution in [0, 0.1) is 5.92 Å². The van der Waals surface area contributed by atoms with Gasteiger partial charge in [0.1, 0.15) is 0 Å². The smallest absolute Gasteiger partial charge is 0.0731 e. The van der Waals surface area contributed by atoms with Gasteiger partial charge in [-0.15, -0.1) is 0 Å². The zero-order chi connectivity index (χ0) is 13.7. The largest absolute Gasteiger partial charge is 0.374 e. The summed E-state index contributed by atoms with van der Waals surface area (Å²) in [4.78, 5) is 0. The molecule has 2 nitrogen and oxygen atoms in total. The van der Waals surface area contributed by atoms with Crippen molar-refractivity contribution < 1.29 is 4.74 Å². The second-order valence-electron chi connectivity index (χ2n) is 5.81. The van der Waals surface area contributed by atoms with Crippen molar-refractivity contribution in [3.63, 3.8) is 0 Å². The van der Waals surface area contributed by atoms with E-state index in [1.54, 1.807) is 0 Å². The quantitative estimate of drug-likeness (QED) is 0.808. The SMILES string of the molecule is CC(C)CNCc1ccc(COC2CCC2)c(Br)c1. The Bertz CT molecular complexity index is 402. The molecule has 1 fully saturated rings. The zero-order valence-corrected chi connectivity index (χ0v) is 13.5. The lowest BCUT2D eigenvalue weighted by Gasteiger charge is -2.25. The third kappa shape index (κ3) is 4.90. The van der Waals surface area contributed by atoms with Gasteiger partial charge in [0.05, 0.1) is 12.7 Å². The molecule has 0 unspecified atom stereocenters. The van der Waals surface area contributed by atoms with Gasteiger partial charge >= 0.3 is 0 Å². The molecule has 0 aromatic heterocycles. The number of benzene rings is 1. The summed E-state index contributed by atoms with van der Waals surface area (Å²) < 4.78 is 7.01. The maximum atomic E-state index is 5.85. The number of rotatable bonds is 7. The van der Waals surface area contributed by atoms with Crippen molar-refractivity contribution in [2.45, 2.75) is 52.4 Å². The monoisotopic (exact) mass is 325 g/mol. The molecule has 0 amide bonds. The standard InChI is InChI=1S/C16H24BrNO/c1-12(2)9-18-10-13-6-7-14(16(17)8-13)11-19-15-4-3-5-15/h6-8,12,15,18H,3-5,9-11H2,1-2H3. The van der Waals surface area contributed by atoms with Crippen molar-refractivity contribution in [3.8, 4) is 0 Å². The van der Waals surface area contributed by atoms with Crippen LogP contribution in [0.2, 0.25) is 0 Å². The van der Waals surface area contributed by atoms with Crippen LogP contribution in [0.3, 0.4) is 0 Å². The van der Waals surface area contributed by atoms with Gasteiger partial charge in [0.25, 0.3) is 0 Å². The summed E-state index contributed by atoms with van der Waals surface area (Å²) in [7, 11) is 0. The molecule has 0 bridgehead atoms. The maximum Gasteiger partial charge on any atom is 0.0731 e. The predicted molar refractivity (Wildman–Crippen MR) is 83.1 cm³/mol. The van der Waals surface area contributed by atoms with E-state index in [0.717, 1.165) is 24.2 Å². The Balaban J connectivity index is 1.81. The molecule has 1 saturated carbocycles. The van der Waals surface area contributed by atoms with Crippen LogP contribution in [0.25, 0.3) is 0 Å². The molecule has 106 valence electrons. The molecule has 0 saturated heterocycles.